The van der Waals surface area contributed by atoms with E-state index < -0.39 is 17.9 Å². The van der Waals surface area contributed by atoms with Crippen LogP contribution in [0.1, 0.15) is 12.8 Å². The van der Waals surface area contributed by atoms with Crippen molar-refractivity contribution >= 4 is 17.4 Å². The molecule has 0 bridgehead atoms. The zero-order valence-corrected chi connectivity index (χ0v) is 18.8. The van der Waals surface area contributed by atoms with Gasteiger partial charge in [-0.1, -0.05) is 18.2 Å². The van der Waals surface area contributed by atoms with Crippen molar-refractivity contribution in [1.29, 1.82) is 0 Å². The van der Waals surface area contributed by atoms with Crippen LogP contribution in [0, 0.1) is 0 Å². The molecule has 1 unspecified atom stereocenters. The van der Waals surface area contributed by atoms with E-state index in [1.54, 1.807) is 11.8 Å². The number of hydrogen-bond acceptors (Lipinski definition) is 6. The van der Waals surface area contributed by atoms with Crippen LogP contribution in [-0.2, 0) is 0 Å². The number of nitrogens with zero attached hydrogens (tertiary/aromatic N) is 3. The third-order valence-corrected chi connectivity index (χ3v) is 7.57. The lowest BCUT2D eigenvalue weighted by Gasteiger charge is -2.40. The van der Waals surface area contributed by atoms with Gasteiger partial charge in [-0.05, 0) is 37.6 Å². The first-order chi connectivity index (χ1) is 15.3. The van der Waals surface area contributed by atoms with Crippen molar-refractivity contribution in [3.8, 4) is 0 Å². The number of piperazine rings is 1. The Morgan fingerprint density at radius 1 is 1.06 bits per heavy atom. The Morgan fingerprint density at radius 2 is 1.78 bits per heavy atom. The lowest BCUT2D eigenvalue weighted by atomic mass is 10.0. The number of benzene rings is 1. The third kappa shape index (κ3) is 5.51. The number of halogens is 3. The molecule has 2 atom stereocenters. The number of thioether (sulfide) groups is 1. The predicted molar refractivity (Wildman–Crippen MR) is 121 cm³/mol. The Balaban J connectivity index is 1.39. The molecule has 176 valence electrons. The second-order valence-electron chi connectivity index (χ2n) is 8.52. The van der Waals surface area contributed by atoms with E-state index in [1.807, 2.05) is 24.3 Å². The minimum Gasteiger partial charge on any atom is -0.394 e. The first-order valence-corrected chi connectivity index (χ1v) is 12.0. The van der Waals surface area contributed by atoms with Crippen molar-refractivity contribution < 1.29 is 23.4 Å². The fourth-order valence-corrected chi connectivity index (χ4v) is 5.82. The zero-order chi connectivity index (χ0) is 22.7. The summed E-state index contributed by atoms with van der Waals surface area (Å²) >= 11 is 1.65. The number of hydrogen-bond donors (Lipinski definition) is 2. The first kappa shape index (κ1) is 23.6. The van der Waals surface area contributed by atoms with Crippen molar-refractivity contribution in [2.24, 2.45) is 0 Å². The number of aliphatic hydroxyl groups excluding tert-OH is 2. The molecular formula is C23H30F3N3O2S. The highest BCUT2D eigenvalue weighted by atomic mass is 32.2. The van der Waals surface area contributed by atoms with Crippen LogP contribution >= 0.6 is 11.8 Å². The van der Waals surface area contributed by atoms with Gasteiger partial charge in [0.15, 0.2) is 0 Å². The minimum atomic E-state index is -4.32. The van der Waals surface area contributed by atoms with Gasteiger partial charge in [-0.3, -0.25) is 4.90 Å². The summed E-state index contributed by atoms with van der Waals surface area (Å²) < 4.78 is 40.1. The first-order valence-electron chi connectivity index (χ1n) is 11.1. The fraction of sp³-hybridized carbons (Fsp3) is 0.565. The Kier molecular flexibility index (Phi) is 7.51. The van der Waals surface area contributed by atoms with Gasteiger partial charge < -0.3 is 20.0 Å². The number of β-amino-alcohol motifs (C(OH)–C–C–N with tert-alkyl or cyclic N) is 1. The Bertz CT molecular complexity index is 853. The molecule has 0 amide bonds. The predicted octanol–water partition coefficient (Wildman–Crippen LogP) is 3.10. The molecule has 4 rings (SSSR count). The molecule has 3 aliphatic rings. The lowest BCUT2D eigenvalue weighted by Crippen LogP contribution is -2.49. The average molecular weight is 470 g/mol. The quantitative estimate of drug-likeness (QED) is 0.640. The zero-order valence-electron chi connectivity index (χ0n) is 18.0. The Labute approximate surface area is 191 Å². The van der Waals surface area contributed by atoms with Gasteiger partial charge in [0.25, 0.3) is 0 Å². The van der Waals surface area contributed by atoms with Crippen LogP contribution in [0.5, 0.6) is 0 Å². The van der Waals surface area contributed by atoms with E-state index in [0.717, 1.165) is 55.4 Å². The van der Waals surface area contributed by atoms with E-state index >= 15 is 0 Å². The molecule has 2 aliphatic heterocycles. The maximum absolute atomic E-state index is 13.4. The second kappa shape index (κ2) is 10.2. The average Bonchev–Trinajstić information content (AvgIpc) is 2.78. The van der Waals surface area contributed by atoms with Crippen LogP contribution in [0.3, 0.4) is 0 Å². The topological polar surface area (TPSA) is 50.2 Å². The van der Waals surface area contributed by atoms with Gasteiger partial charge in [0.05, 0.1) is 29.2 Å². The van der Waals surface area contributed by atoms with E-state index in [0.29, 0.717) is 19.5 Å². The largest absolute Gasteiger partial charge is 0.416 e. The third-order valence-electron chi connectivity index (χ3n) is 6.25. The van der Waals surface area contributed by atoms with Crippen molar-refractivity contribution in [1.82, 2.24) is 9.80 Å². The summed E-state index contributed by atoms with van der Waals surface area (Å²) in [6.07, 6.45) is -1.13. The molecule has 0 aromatic heterocycles. The molecule has 0 radical (unpaired) electrons. The molecule has 1 saturated heterocycles. The number of aliphatic hydroxyl groups is 2. The summed E-state index contributed by atoms with van der Waals surface area (Å²) in [6.45, 7) is 5.26. The summed E-state index contributed by atoms with van der Waals surface area (Å²) in [5.41, 5.74) is 1.20. The lowest BCUT2D eigenvalue weighted by molar-refractivity contribution is -0.0887. The van der Waals surface area contributed by atoms with Gasteiger partial charge in [-0.25, -0.2) is 0 Å². The standard InChI is InChI=1S/C23H30F3N3O2S/c24-23(25,26)17-6-7-22-20(14-17)29(19-4-1-2-5-21(19)32-22)9-3-8-27-10-12-28(13-11-27)15-18(31)16-30/h1-2,4-6,14,18,22,30-31H,3,7-13,15-16H2/t18-,22?/m0/s1. The van der Waals surface area contributed by atoms with Gasteiger partial charge >= 0.3 is 6.18 Å². The van der Waals surface area contributed by atoms with Crippen LogP contribution in [0.2, 0.25) is 0 Å². The monoisotopic (exact) mass is 469 g/mol. The number of fused-ring (bicyclic) bond motifs is 2. The molecule has 2 N–H and O–H groups in total. The highest BCUT2D eigenvalue weighted by molar-refractivity contribution is 8.00. The normalized spacial score (nSPS) is 23.3. The van der Waals surface area contributed by atoms with Gasteiger partial charge in [-0.2, -0.15) is 13.2 Å². The Morgan fingerprint density at radius 3 is 2.50 bits per heavy atom. The molecule has 2 heterocycles. The molecule has 1 aromatic rings. The van der Waals surface area contributed by atoms with Gasteiger partial charge in [0.2, 0.25) is 0 Å². The number of rotatable bonds is 7. The summed E-state index contributed by atoms with van der Waals surface area (Å²) in [6, 6.07) is 7.96. The molecule has 0 spiro atoms. The van der Waals surface area contributed by atoms with Crippen molar-refractivity contribution in [3.05, 3.63) is 47.7 Å². The second-order valence-corrected chi connectivity index (χ2v) is 9.76. The molecule has 1 fully saturated rings. The molecule has 32 heavy (non-hydrogen) atoms. The van der Waals surface area contributed by atoms with E-state index in [4.69, 9.17) is 5.11 Å². The van der Waals surface area contributed by atoms with Crippen LogP contribution in [-0.4, -0.2) is 90.0 Å². The van der Waals surface area contributed by atoms with Gasteiger partial charge in [-0.15, -0.1) is 11.8 Å². The van der Waals surface area contributed by atoms with Crippen LogP contribution in [0.4, 0.5) is 18.9 Å². The van der Waals surface area contributed by atoms with Crippen LogP contribution in [0.25, 0.3) is 0 Å². The molecule has 0 saturated carbocycles. The van der Waals surface area contributed by atoms with E-state index in [2.05, 4.69) is 14.7 Å². The molecule has 9 heteroatoms. The van der Waals surface area contributed by atoms with E-state index in [-0.39, 0.29) is 11.9 Å². The van der Waals surface area contributed by atoms with E-state index in [9.17, 15) is 18.3 Å². The Hall–Kier alpha value is -1.52. The smallest absolute Gasteiger partial charge is 0.394 e. The maximum atomic E-state index is 13.4. The minimum absolute atomic E-state index is 0.0116. The van der Waals surface area contributed by atoms with Crippen molar-refractivity contribution in [2.75, 3.05) is 57.3 Å². The van der Waals surface area contributed by atoms with Crippen molar-refractivity contribution in [2.45, 2.75) is 35.3 Å². The van der Waals surface area contributed by atoms with Crippen LogP contribution < -0.4 is 4.90 Å². The SMILES string of the molecule is OC[C@@H](O)CN1CCN(CCCN2C3=CC(C(F)(F)F)=CCC3Sc3ccccc32)CC1. The van der Waals surface area contributed by atoms with Gasteiger partial charge in [0.1, 0.15) is 0 Å². The summed E-state index contributed by atoms with van der Waals surface area (Å²) in [5.74, 6) is 0. The number of anilines is 1. The fourth-order valence-electron chi connectivity index (χ4n) is 4.55. The highest BCUT2D eigenvalue weighted by Gasteiger charge is 2.38. The summed E-state index contributed by atoms with van der Waals surface area (Å²) in [4.78, 5) is 7.72. The molecule has 1 aliphatic carbocycles. The summed E-state index contributed by atoms with van der Waals surface area (Å²) in [7, 11) is 0. The maximum Gasteiger partial charge on any atom is 0.416 e. The van der Waals surface area contributed by atoms with Crippen molar-refractivity contribution in [3.63, 3.8) is 0 Å². The molecular weight excluding hydrogens is 439 g/mol. The molecule has 1 aromatic carbocycles. The van der Waals surface area contributed by atoms with E-state index in [1.165, 1.54) is 12.2 Å². The molecule has 5 nitrogen and oxygen atoms in total. The highest BCUT2D eigenvalue weighted by Crippen LogP contribution is 2.47. The summed E-state index contributed by atoms with van der Waals surface area (Å²) in [5, 5.41) is 18.6. The van der Waals surface area contributed by atoms with Crippen LogP contribution in [0.15, 0.2) is 52.6 Å². The van der Waals surface area contributed by atoms with Gasteiger partial charge in [0, 0.05) is 49.9 Å². The number of alkyl halides is 3. The number of allylic oxidation sites excluding steroid dienone is 3. The number of para-hydroxylation sites is 1.